The molecule has 2 saturated heterocycles. The number of carbonyl (C=O) groups is 1. The van der Waals surface area contributed by atoms with Gasteiger partial charge in [0, 0.05) is 51.4 Å². The zero-order valence-corrected chi connectivity index (χ0v) is 12.1. The normalized spacial score (nSPS) is 22.2. The van der Waals surface area contributed by atoms with E-state index in [1.807, 2.05) is 4.90 Å². The Kier molecular flexibility index (Phi) is 3.71. The summed E-state index contributed by atoms with van der Waals surface area (Å²) in [6.45, 7) is 10.3. The van der Waals surface area contributed by atoms with Crippen molar-refractivity contribution >= 4 is 6.03 Å². The second kappa shape index (κ2) is 5.49. The monoisotopic (exact) mass is 278 g/mol. The third-order valence-electron chi connectivity index (χ3n) is 4.34. The predicted octanol–water partition coefficient (Wildman–Crippen LogP) is -0.0436. The number of hydrogen-bond acceptors (Lipinski definition) is 5. The van der Waals surface area contributed by atoms with Crippen molar-refractivity contribution in [3.05, 3.63) is 12.7 Å². The molecule has 0 bridgehead atoms. The SMILES string of the molecule is CC(C)N1CC(N2CCN(C(=O)n3cncn3)CC2)C1. The maximum Gasteiger partial charge on any atom is 0.346 e. The molecule has 1 aromatic heterocycles. The smallest absolute Gasteiger partial charge is 0.320 e. The third kappa shape index (κ3) is 2.55. The van der Waals surface area contributed by atoms with Gasteiger partial charge in [0.2, 0.25) is 0 Å². The lowest BCUT2D eigenvalue weighted by molar-refractivity contribution is -0.00398. The Balaban J connectivity index is 1.47. The van der Waals surface area contributed by atoms with Crippen LogP contribution in [-0.2, 0) is 0 Å². The molecule has 7 nitrogen and oxygen atoms in total. The average molecular weight is 278 g/mol. The quantitative estimate of drug-likeness (QED) is 0.759. The van der Waals surface area contributed by atoms with Crippen LogP contribution in [-0.4, -0.2) is 86.8 Å². The first kappa shape index (κ1) is 13.5. The van der Waals surface area contributed by atoms with Crippen LogP contribution in [0.2, 0.25) is 0 Å². The molecule has 20 heavy (non-hydrogen) atoms. The van der Waals surface area contributed by atoms with Gasteiger partial charge in [-0.15, -0.1) is 0 Å². The van der Waals surface area contributed by atoms with Crippen molar-refractivity contribution in [1.29, 1.82) is 0 Å². The lowest BCUT2D eigenvalue weighted by Crippen LogP contribution is -2.64. The van der Waals surface area contributed by atoms with Gasteiger partial charge >= 0.3 is 6.03 Å². The lowest BCUT2D eigenvalue weighted by atomic mass is 10.0. The van der Waals surface area contributed by atoms with Crippen molar-refractivity contribution in [2.24, 2.45) is 0 Å². The van der Waals surface area contributed by atoms with E-state index in [0.717, 1.165) is 39.3 Å². The summed E-state index contributed by atoms with van der Waals surface area (Å²) in [4.78, 5) is 22.8. The molecule has 7 heteroatoms. The van der Waals surface area contributed by atoms with E-state index >= 15 is 0 Å². The zero-order valence-electron chi connectivity index (χ0n) is 12.1. The van der Waals surface area contributed by atoms with Crippen LogP contribution in [0.1, 0.15) is 13.8 Å². The summed E-state index contributed by atoms with van der Waals surface area (Å²) >= 11 is 0. The van der Waals surface area contributed by atoms with Gasteiger partial charge in [0.1, 0.15) is 12.7 Å². The van der Waals surface area contributed by atoms with E-state index in [2.05, 4.69) is 33.7 Å². The first-order valence-electron chi connectivity index (χ1n) is 7.27. The fourth-order valence-corrected chi connectivity index (χ4v) is 2.87. The fourth-order valence-electron chi connectivity index (χ4n) is 2.87. The topological polar surface area (TPSA) is 57.5 Å². The Morgan fingerprint density at radius 2 is 1.90 bits per heavy atom. The Hall–Kier alpha value is -1.47. The maximum atomic E-state index is 12.1. The summed E-state index contributed by atoms with van der Waals surface area (Å²) in [5, 5.41) is 3.90. The molecular formula is C13H22N6O. The van der Waals surface area contributed by atoms with Crippen molar-refractivity contribution in [2.45, 2.75) is 25.9 Å². The molecule has 0 atom stereocenters. The second-order valence-electron chi connectivity index (χ2n) is 5.85. The molecule has 0 saturated carbocycles. The molecule has 1 amide bonds. The minimum absolute atomic E-state index is 0.0698. The number of rotatable bonds is 2. The van der Waals surface area contributed by atoms with Crippen LogP contribution < -0.4 is 0 Å². The molecule has 2 fully saturated rings. The molecule has 2 aliphatic rings. The molecular weight excluding hydrogens is 256 g/mol. The van der Waals surface area contributed by atoms with Crippen LogP contribution in [0.15, 0.2) is 12.7 Å². The Morgan fingerprint density at radius 3 is 2.45 bits per heavy atom. The van der Waals surface area contributed by atoms with E-state index in [4.69, 9.17) is 0 Å². The van der Waals surface area contributed by atoms with Gasteiger partial charge in [-0.05, 0) is 13.8 Å². The standard InChI is InChI=1S/C13H22N6O/c1-11(2)18-7-12(8-18)16-3-5-17(6-4-16)13(20)19-10-14-9-15-19/h9-12H,3-8H2,1-2H3. The number of likely N-dealkylation sites (tertiary alicyclic amines) is 1. The van der Waals surface area contributed by atoms with Gasteiger partial charge in [-0.2, -0.15) is 9.78 Å². The van der Waals surface area contributed by atoms with E-state index in [1.165, 1.54) is 17.3 Å². The van der Waals surface area contributed by atoms with Crippen molar-refractivity contribution in [2.75, 3.05) is 39.3 Å². The van der Waals surface area contributed by atoms with Gasteiger partial charge in [0.05, 0.1) is 0 Å². The third-order valence-corrected chi connectivity index (χ3v) is 4.34. The maximum absolute atomic E-state index is 12.1. The van der Waals surface area contributed by atoms with E-state index in [-0.39, 0.29) is 6.03 Å². The minimum Gasteiger partial charge on any atom is -0.320 e. The van der Waals surface area contributed by atoms with Gasteiger partial charge in [-0.25, -0.2) is 9.78 Å². The van der Waals surface area contributed by atoms with E-state index in [0.29, 0.717) is 12.1 Å². The molecule has 0 radical (unpaired) electrons. The highest BCUT2D eigenvalue weighted by molar-refractivity contribution is 5.75. The van der Waals surface area contributed by atoms with Crippen LogP contribution in [0.5, 0.6) is 0 Å². The molecule has 2 aliphatic heterocycles. The highest BCUT2D eigenvalue weighted by atomic mass is 16.2. The summed E-state index contributed by atoms with van der Waals surface area (Å²) in [7, 11) is 0. The van der Waals surface area contributed by atoms with E-state index in [9.17, 15) is 4.79 Å². The molecule has 0 N–H and O–H groups in total. The summed E-state index contributed by atoms with van der Waals surface area (Å²) in [6.07, 6.45) is 2.85. The minimum atomic E-state index is -0.0698. The molecule has 0 spiro atoms. The summed E-state index contributed by atoms with van der Waals surface area (Å²) < 4.78 is 1.31. The van der Waals surface area contributed by atoms with Crippen molar-refractivity contribution in [1.82, 2.24) is 29.5 Å². The molecule has 0 aliphatic carbocycles. The van der Waals surface area contributed by atoms with Gasteiger partial charge in [0.25, 0.3) is 0 Å². The van der Waals surface area contributed by atoms with Gasteiger partial charge in [-0.1, -0.05) is 0 Å². The van der Waals surface area contributed by atoms with Crippen LogP contribution in [0.3, 0.4) is 0 Å². The number of carbonyl (C=O) groups excluding carboxylic acids is 1. The fraction of sp³-hybridized carbons (Fsp3) is 0.769. The Labute approximate surface area is 119 Å². The number of nitrogens with zero attached hydrogens (tertiary/aromatic N) is 6. The summed E-state index contributed by atoms with van der Waals surface area (Å²) in [5.41, 5.74) is 0. The van der Waals surface area contributed by atoms with Crippen LogP contribution in [0.4, 0.5) is 4.79 Å². The zero-order chi connectivity index (χ0) is 14.1. The number of hydrogen-bond donors (Lipinski definition) is 0. The van der Waals surface area contributed by atoms with E-state index in [1.54, 1.807) is 0 Å². The van der Waals surface area contributed by atoms with Gasteiger partial charge < -0.3 is 4.90 Å². The molecule has 110 valence electrons. The van der Waals surface area contributed by atoms with E-state index < -0.39 is 0 Å². The number of piperazine rings is 1. The highest BCUT2D eigenvalue weighted by Crippen LogP contribution is 2.19. The molecule has 1 aromatic rings. The molecule has 3 rings (SSSR count). The molecule has 0 unspecified atom stereocenters. The van der Waals surface area contributed by atoms with Crippen molar-refractivity contribution in [3.8, 4) is 0 Å². The Bertz CT molecular complexity index is 445. The van der Waals surface area contributed by atoms with Crippen LogP contribution in [0.25, 0.3) is 0 Å². The first-order chi connectivity index (χ1) is 9.65. The summed E-state index contributed by atoms with van der Waals surface area (Å²) in [5.74, 6) is 0. The summed E-state index contributed by atoms with van der Waals surface area (Å²) in [6, 6.07) is 1.24. The van der Waals surface area contributed by atoms with Crippen molar-refractivity contribution in [3.63, 3.8) is 0 Å². The molecule has 3 heterocycles. The lowest BCUT2D eigenvalue weighted by Gasteiger charge is -2.49. The largest absolute Gasteiger partial charge is 0.346 e. The highest BCUT2D eigenvalue weighted by Gasteiger charge is 2.35. The molecule has 0 aromatic carbocycles. The number of amides is 1. The van der Waals surface area contributed by atoms with Crippen LogP contribution >= 0.6 is 0 Å². The Morgan fingerprint density at radius 1 is 1.20 bits per heavy atom. The number of aromatic nitrogens is 3. The van der Waals surface area contributed by atoms with Gasteiger partial charge in [0.15, 0.2) is 0 Å². The predicted molar refractivity (Wildman–Crippen MR) is 74.5 cm³/mol. The average Bonchev–Trinajstić information content (AvgIpc) is 2.90. The van der Waals surface area contributed by atoms with Gasteiger partial charge in [-0.3, -0.25) is 9.80 Å². The van der Waals surface area contributed by atoms with Crippen LogP contribution in [0, 0.1) is 0 Å². The second-order valence-corrected chi connectivity index (χ2v) is 5.85. The first-order valence-corrected chi connectivity index (χ1v) is 7.27. The van der Waals surface area contributed by atoms with Crippen molar-refractivity contribution < 1.29 is 4.79 Å².